The molecule has 1 N–H and O–H groups in total. The Labute approximate surface area is 206 Å². The number of halogens is 1. The molecule has 0 aliphatic heterocycles. The number of amides is 1. The highest BCUT2D eigenvalue weighted by molar-refractivity contribution is 7.99. The van der Waals surface area contributed by atoms with E-state index in [0.29, 0.717) is 28.3 Å². The molecule has 0 saturated heterocycles. The molecule has 0 atom stereocenters. The summed E-state index contributed by atoms with van der Waals surface area (Å²) in [5.41, 5.74) is 3.46. The molecule has 0 radical (unpaired) electrons. The Balaban J connectivity index is 1.31. The molecule has 34 heavy (non-hydrogen) atoms. The fourth-order valence-electron chi connectivity index (χ4n) is 3.15. The zero-order valence-electron chi connectivity index (χ0n) is 18.2. The first-order valence-corrected chi connectivity index (χ1v) is 11.8. The average molecular weight is 492 g/mol. The summed E-state index contributed by atoms with van der Waals surface area (Å²) < 4.78 is 7.63. The summed E-state index contributed by atoms with van der Waals surface area (Å²) in [5.74, 6) is 1.21. The molecule has 0 fully saturated rings. The SMILES string of the molecule is C=CCn1c(COc2ccc(Cl)cc2)nnc1SCC(=O)N/N=C\c1ccc2ccccc2c1. The topological polar surface area (TPSA) is 81.4 Å². The van der Waals surface area contributed by atoms with Crippen molar-refractivity contribution in [3.8, 4) is 5.75 Å². The molecule has 1 heterocycles. The van der Waals surface area contributed by atoms with E-state index in [9.17, 15) is 4.79 Å². The Morgan fingerprint density at radius 1 is 1.12 bits per heavy atom. The number of carbonyl (C=O) groups excluding carboxylic acids is 1. The van der Waals surface area contributed by atoms with E-state index in [4.69, 9.17) is 16.3 Å². The maximum absolute atomic E-state index is 12.3. The highest BCUT2D eigenvalue weighted by atomic mass is 35.5. The maximum Gasteiger partial charge on any atom is 0.250 e. The molecule has 1 amide bonds. The van der Waals surface area contributed by atoms with Gasteiger partial charge in [0.25, 0.3) is 5.91 Å². The van der Waals surface area contributed by atoms with Crippen LogP contribution >= 0.6 is 23.4 Å². The predicted molar refractivity (Wildman–Crippen MR) is 136 cm³/mol. The van der Waals surface area contributed by atoms with E-state index >= 15 is 0 Å². The van der Waals surface area contributed by atoms with Crippen LogP contribution in [0.15, 0.2) is 89.6 Å². The number of benzene rings is 3. The van der Waals surface area contributed by atoms with Gasteiger partial charge in [-0.1, -0.05) is 65.8 Å². The lowest BCUT2D eigenvalue weighted by Gasteiger charge is -2.09. The van der Waals surface area contributed by atoms with E-state index in [0.717, 1.165) is 16.3 Å². The van der Waals surface area contributed by atoms with Crippen molar-refractivity contribution < 1.29 is 9.53 Å². The molecule has 0 unspecified atom stereocenters. The molecule has 9 heteroatoms. The number of hydrogen-bond donors (Lipinski definition) is 1. The molecule has 0 aliphatic rings. The fourth-order valence-corrected chi connectivity index (χ4v) is 4.04. The van der Waals surface area contributed by atoms with Crippen molar-refractivity contribution >= 4 is 46.3 Å². The van der Waals surface area contributed by atoms with Crippen molar-refractivity contribution in [3.05, 3.63) is 95.8 Å². The molecule has 4 aromatic rings. The zero-order chi connectivity index (χ0) is 23.8. The number of thioether (sulfide) groups is 1. The average Bonchev–Trinajstić information content (AvgIpc) is 3.24. The second kappa shape index (κ2) is 11.5. The highest BCUT2D eigenvalue weighted by Gasteiger charge is 2.14. The molecule has 4 rings (SSSR count). The second-order valence-electron chi connectivity index (χ2n) is 7.23. The molecule has 172 valence electrons. The number of rotatable bonds is 10. The number of allylic oxidation sites excluding steroid dienone is 1. The summed E-state index contributed by atoms with van der Waals surface area (Å²) >= 11 is 7.18. The van der Waals surface area contributed by atoms with Gasteiger partial charge in [0.1, 0.15) is 12.4 Å². The first kappa shape index (κ1) is 23.5. The number of ether oxygens (including phenoxy) is 1. The summed E-state index contributed by atoms with van der Waals surface area (Å²) in [4.78, 5) is 12.3. The van der Waals surface area contributed by atoms with Crippen LogP contribution in [0.1, 0.15) is 11.4 Å². The van der Waals surface area contributed by atoms with Gasteiger partial charge in [-0.3, -0.25) is 9.36 Å². The van der Waals surface area contributed by atoms with Crippen molar-refractivity contribution in [1.29, 1.82) is 0 Å². The number of aromatic nitrogens is 3. The third-order valence-corrected chi connectivity index (χ3v) is 6.01. The van der Waals surface area contributed by atoms with Crippen molar-refractivity contribution in [2.45, 2.75) is 18.3 Å². The first-order chi connectivity index (χ1) is 16.6. The van der Waals surface area contributed by atoms with Crippen LogP contribution in [0, 0.1) is 0 Å². The lowest BCUT2D eigenvalue weighted by atomic mass is 10.1. The quantitative estimate of drug-likeness (QED) is 0.144. The van der Waals surface area contributed by atoms with Gasteiger partial charge < -0.3 is 4.74 Å². The summed E-state index contributed by atoms with van der Waals surface area (Å²) in [6, 6.07) is 21.2. The molecule has 7 nitrogen and oxygen atoms in total. The van der Waals surface area contributed by atoms with E-state index in [2.05, 4.69) is 33.4 Å². The van der Waals surface area contributed by atoms with Crippen LogP contribution in [0.25, 0.3) is 10.8 Å². The number of hydrogen-bond acceptors (Lipinski definition) is 6. The Bertz CT molecular complexity index is 1320. The summed E-state index contributed by atoms with van der Waals surface area (Å²) in [7, 11) is 0. The van der Waals surface area contributed by atoms with Gasteiger partial charge >= 0.3 is 0 Å². The van der Waals surface area contributed by atoms with E-state index in [1.54, 1.807) is 36.6 Å². The summed E-state index contributed by atoms with van der Waals surface area (Å²) in [6.45, 7) is 4.51. The van der Waals surface area contributed by atoms with Crippen molar-refractivity contribution in [3.63, 3.8) is 0 Å². The minimum atomic E-state index is -0.242. The van der Waals surface area contributed by atoms with Crippen LogP contribution in [-0.2, 0) is 17.9 Å². The maximum atomic E-state index is 12.3. The van der Waals surface area contributed by atoms with Crippen LogP contribution in [0.2, 0.25) is 5.02 Å². The normalized spacial score (nSPS) is 11.1. The number of nitrogens with zero attached hydrogens (tertiary/aromatic N) is 4. The predicted octanol–water partition coefficient (Wildman–Crippen LogP) is 5.09. The highest BCUT2D eigenvalue weighted by Crippen LogP contribution is 2.20. The molecular weight excluding hydrogens is 470 g/mol. The summed E-state index contributed by atoms with van der Waals surface area (Å²) in [5, 5.41) is 16.0. The smallest absolute Gasteiger partial charge is 0.250 e. The first-order valence-electron chi connectivity index (χ1n) is 10.5. The molecule has 0 spiro atoms. The van der Waals surface area contributed by atoms with Gasteiger partial charge in [-0.15, -0.1) is 16.8 Å². The Kier molecular flexibility index (Phi) is 7.95. The van der Waals surface area contributed by atoms with Crippen LogP contribution < -0.4 is 10.2 Å². The zero-order valence-corrected chi connectivity index (χ0v) is 19.8. The minimum Gasteiger partial charge on any atom is -0.486 e. The largest absolute Gasteiger partial charge is 0.486 e. The number of nitrogens with one attached hydrogen (secondary N) is 1. The third kappa shape index (κ3) is 6.24. The van der Waals surface area contributed by atoms with Crippen molar-refractivity contribution in [1.82, 2.24) is 20.2 Å². The monoisotopic (exact) mass is 491 g/mol. The lowest BCUT2D eigenvalue weighted by molar-refractivity contribution is -0.118. The van der Waals surface area contributed by atoms with Gasteiger partial charge in [0.15, 0.2) is 11.0 Å². The fraction of sp³-hybridized carbons (Fsp3) is 0.120. The van der Waals surface area contributed by atoms with E-state index in [1.807, 2.05) is 41.0 Å². The molecule has 0 aliphatic carbocycles. The Morgan fingerprint density at radius 2 is 1.91 bits per heavy atom. The van der Waals surface area contributed by atoms with E-state index in [1.165, 1.54) is 11.8 Å². The Morgan fingerprint density at radius 3 is 2.71 bits per heavy atom. The number of hydrazone groups is 1. The van der Waals surface area contributed by atoms with Gasteiger partial charge in [-0.05, 0) is 46.7 Å². The van der Waals surface area contributed by atoms with Crippen LogP contribution in [0.4, 0.5) is 0 Å². The standard InChI is InChI=1S/C25H22ClN5O2S/c1-2-13-31-23(16-33-22-11-9-21(26)10-12-22)28-30-25(31)34-17-24(32)29-27-15-18-7-8-19-5-3-4-6-20(19)14-18/h2-12,14-15H,1,13,16-17H2,(H,29,32)/b27-15-. The molecule has 0 bridgehead atoms. The van der Waals surface area contributed by atoms with Crippen LogP contribution in [0.5, 0.6) is 5.75 Å². The van der Waals surface area contributed by atoms with Gasteiger partial charge in [-0.25, -0.2) is 5.43 Å². The van der Waals surface area contributed by atoms with Gasteiger partial charge in [0.05, 0.1) is 12.0 Å². The van der Waals surface area contributed by atoms with Gasteiger partial charge in [0, 0.05) is 11.6 Å². The molecule has 3 aromatic carbocycles. The minimum absolute atomic E-state index is 0.141. The second-order valence-corrected chi connectivity index (χ2v) is 8.61. The van der Waals surface area contributed by atoms with Gasteiger partial charge in [-0.2, -0.15) is 5.10 Å². The van der Waals surface area contributed by atoms with Crippen LogP contribution in [-0.4, -0.2) is 32.6 Å². The lowest BCUT2D eigenvalue weighted by Crippen LogP contribution is -2.20. The van der Waals surface area contributed by atoms with Crippen molar-refractivity contribution in [2.75, 3.05) is 5.75 Å². The number of carbonyl (C=O) groups is 1. The van der Waals surface area contributed by atoms with Gasteiger partial charge in [0.2, 0.25) is 0 Å². The summed E-state index contributed by atoms with van der Waals surface area (Å²) in [6.07, 6.45) is 3.37. The van der Waals surface area contributed by atoms with E-state index in [-0.39, 0.29) is 18.3 Å². The van der Waals surface area contributed by atoms with Crippen molar-refractivity contribution in [2.24, 2.45) is 5.10 Å². The third-order valence-electron chi connectivity index (χ3n) is 4.80. The molecule has 1 aromatic heterocycles. The Hall–Kier alpha value is -3.62. The van der Waals surface area contributed by atoms with E-state index < -0.39 is 0 Å². The molecule has 0 saturated carbocycles. The van der Waals surface area contributed by atoms with Crippen LogP contribution in [0.3, 0.4) is 0 Å². The molecular formula is C25H22ClN5O2S. The number of fused-ring (bicyclic) bond motifs is 1.